The fraction of sp³-hybridized carbons (Fsp3) is 1.00. The van der Waals surface area contributed by atoms with Gasteiger partial charge in [0.05, 0.1) is 6.61 Å². The van der Waals surface area contributed by atoms with Crippen molar-refractivity contribution < 1.29 is 4.74 Å². The van der Waals surface area contributed by atoms with Crippen LogP contribution in [0.2, 0.25) is 0 Å². The number of hydrogen-bond acceptors (Lipinski definition) is 3. The van der Waals surface area contributed by atoms with Crippen molar-refractivity contribution in [2.24, 2.45) is 5.92 Å². The lowest BCUT2D eigenvalue weighted by molar-refractivity contribution is -0.0470. The Balaban J connectivity index is 2.91. The molecule has 0 spiro atoms. The van der Waals surface area contributed by atoms with Gasteiger partial charge >= 0.3 is 0 Å². The van der Waals surface area contributed by atoms with Crippen molar-refractivity contribution in [2.45, 2.75) is 65.1 Å². The maximum atomic E-state index is 5.43. The molecule has 0 aromatic heterocycles. The molecule has 0 aliphatic carbocycles. The van der Waals surface area contributed by atoms with Gasteiger partial charge in [0.2, 0.25) is 0 Å². The summed E-state index contributed by atoms with van der Waals surface area (Å²) >= 11 is 0. The number of rotatable bonds is 5. The molecule has 2 atom stereocenters. The molecule has 2 unspecified atom stereocenters. The molecule has 1 saturated heterocycles. The third-order valence-electron chi connectivity index (χ3n) is 4.48. The molecular weight excluding hydrogens is 224 g/mol. The summed E-state index contributed by atoms with van der Waals surface area (Å²) in [7, 11) is 1.80. The van der Waals surface area contributed by atoms with E-state index in [2.05, 4.69) is 51.8 Å². The van der Waals surface area contributed by atoms with Gasteiger partial charge in [-0.15, -0.1) is 0 Å². The van der Waals surface area contributed by atoms with Crippen molar-refractivity contribution in [1.82, 2.24) is 10.2 Å². The van der Waals surface area contributed by atoms with Crippen LogP contribution in [0.5, 0.6) is 0 Å². The number of ether oxygens (including phenoxy) is 1. The van der Waals surface area contributed by atoms with Gasteiger partial charge in [0.15, 0.2) is 0 Å². The lowest BCUT2D eigenvalue weighted by Crippen LogP contribution is -2.69. The largest absolute Gasteiger partial charge is 0.383 e. The monoisotopic (exact) mass is 256 g/mol. The first kappa shape index (κ1) is 15.9. The Morgan fingerprint density at radius 3 is 2.50 bits per heavy atom. The minimum absolute atomic E-state index is 0.0994. The molecule has 0 bridgehead atoms. The van der Waals surface area contributed by atoms with E-state index in [1.54, 1.807) is 7.11 Å². The summed E-state index contributed by atoms with van der Waals surface area (Å²) in [4.78, 5) is 2.65. The Morgan fingerprint density at radius 1 is 1.44 bits per heavy atom. The first-order chi connectivity index (χ1) is 8.25. The first-order valence-electron chi connectivity index (χ1n) is 7.26. The first-order valence-corrected chi connectivity index (χ1v) is 7.26. The van der Waals surface area contributed by atoms with Crippen molar-refractivity contribution in [3.63, 3.8) is 0 Å². The van der Waals surface area contributed by atoms with Crippen molar-refractivity contribution in [3.05, 3.63) is 0 Å². The van der Waals surface area contributed by atoms with Crippen LogP contribution in [0.4, 0.5) is 0 Å². The van der Waals surface area contributed by atoms with Gasteiger partial charge in [-0.25, -0.2) is 0 Å². The minimum Gasteiger partial charge on any atom is -0.383 e. The molecule has 3 nitrogen and oxygen atoms in total. The summed E-state index contributed by atoms with van der Waals surface area (Å²) in [5.74, 6) is 0.662. The number of piperazine rings is 1. The molecule has 0 saturated carbocycles. The summed E-state index contributed by atoms with van der Waals surface area (Å²) in [5.41, 5.74) is 0.332. The van der Waals surface area contributed by atoms with Gasteiger partial charge < -0.3 is 10.1 Å². The lowest BCUT2D eigenvalue weighted by Gasteiger charge is -2.53. The second-order valence-corrected chi connectivity index (χ2v) is 6.98. The molecule has 1 rings (SSSR count). The van der Waals surface area contributed by atoms with Crippen molar-refractivity contribution in [1.29, 1.82) is 0 Å². The predicted molar refractivity (Wildman–Crippen MR) is 78.0 cm³/mol. The van der Waals surface area contributed by atoms with Gasteiger partial charge in [0.25, 0.3) is 0 Å². The third kappa shape index (κ3) is 3.46. The smallest absolute Gasteiger partial charge is 0.0641 e. The topological polar surface area (TPSA) is 24.5 Å². The van der Waals surface area contributed by atoms with Crippen molar-refractivity contribution in [3.8, 4) is 0 Å². The van der Waals surface area contributed by atoms with Gasteiger partial charge in [-0.3, -0.25) is 4.90 Å². The van der Waals surface area contributed by atoms with E-state index in [4.69, 9.17) is 4.74 Å². The van der Waals surface area contributed by atoms with E-state index in [9.17, 15) is 0 Å². The number of methoxy groups -OCH3 is 1. The SMILES string of the molecule is CCC1(C)CN(C(C)(C)COC)C(C(C)C)CN1. The summed E-state index contributed by atoms with van der Waals surface area (Å²) in [6.45, 7) is 16.8. The molecule has 3 heteroatoms. The Morgan fingerprint density at radius 2 is 2.06 bits per heavy atom. The van der Waals surface area contributed by atoms with Crippen LogP contribution >= 0.6 is 0 Å². The van der Waals surface area contributed by atoms with E-state index in [0.29, 0.717) is 12.0 Å². The van der Waals surface area contributed by atoms with Gasteiger partial charge in [-0.1, -0.05) is 20.8 Å². The molecule has 1 N–H and O–H groups in total. The predicted octanol–water partition coefficient (Wildman–Crippen LogP) is 2.51. The van der Waals surface area contributed by atoms with Crippen LogP contribution in [-0.4, -0.2) is 48.8 Å². The fourth-order valence-corrected chi connectivity index (χ4v) is 2.94. The zero-order chi connectivity index (χ0) is 14.0. The highest BCUT2D eigenvalue weighted by Crippen LogP contribution is 2.29. The molecular formula is C15H32N2O. The average Bonchev–Trinajstić information content (AvgIpc) is 2.28. The molecule has 0 aromatic carbocycles. The van der Waals surface area contributed by atoms with Crippen LogP contribution in [0, 0.1) is 5.92 Å². The minimum atomic E-state index is 0.0994. The molecule has 0 aromatic rings. The molecule has 1 aliphatic rings. The summed E-state index contributed by atoms with van der Waals surface area (Å²) < 4.78 is 5.43. The summed E-state index contributed by atoms with van der Waals surface area (Å²) in [5, 5.41) is 3.74. The molecule has 1 aliphatic heterocycles. The molecule has 0 radical (unpaired) electrons. The maximum absolute atomic E-state index is 5.43. The molecule has 1 fully saturated rings. The van der Waals surface area contributed by atoms with Gasteiger partial charge in [-0.2, -0.15) is 0 Å². The number of nitrogens with one attached hydrogen (secondary N) is 1. The summed E-state index contributed by atoms with van der Waals surface area (Å²) in [6.07, 6.45) is 1.16. The van der Waals surface area contributed by atoms with E-state index < -0.39 is 0 Å². The highest BCUT2D eigenvalue weighted by molar-refractivity contribution is 5.00. The molecule has 18 heavy (non-hydrogen) atoms. The highest BCUT2D eigenvalue weighted by Gasteiger charge is 2.42. The van der Waals surface area contributed by atoms with E-state index in [-0.39, 0.29) is 11.1 Å². The average molecular weight is 256 g/mol. The van der Waals surface area contributed by atoms with E-state index in [1.165, 1.54) is 0 Å². The third-order valence-corrected chi connectivity index (χ3v) is 4.48. The molecule has 108 valence electrons. The van der Waals surface area contributed by atoms with Crippen LogP contribution in [0.15, 0.2) is 0 Å². The van der Waals surface area contributed by atoms with E-state index in [1.807, 2.05) is 0 Å². The van der Waals surface area contributed by atoms with Crippen molar-refractivity contribution in [2.75, 3.05) is 26.8 Å². The van der Waals surface area contributed by atoms with E-state index >= 15 is 0 Å². The second kappa shape index (κ2) is 5.89. The highest BCUT2D eigenvalue weighted by atomic mass is 16.5. The molecule has 0 amide bonds. The Bertz CT molecular complexity index is 265. The van der Waals surface area contributed by atoms with Crippen LogP contribution in [0.25, 0.3) is 0 Å². The van der Waals surface area contributed by atoms with Gasteiger partial charge in [-0.05, 0) is 33.1 Å². The van der Waals surface area contributed by atoms with Crippen LogP contribution < -0.4 is 5.32 Å². The van der Waals surface area contributed by atoms with Gasteiger partial charge in [0, 0.05) is 37.3 Å². The Labute approximate surface area is 113 Å². The second-order valence-electron chi connectivity index (χ2n) is 6.98. The maximum Gasteiger partial charge on any atom is 0.0641 e. The number of hydrogen-bond donors (Lipinski definition) is 1. The fourth-order valence-electron chi connectivity index (χ4n) is 2.94. The van der Waals surface area contributed by atoms with Gasteiger partial charge in [0.1, 0.15) is 0 Å². The van der Waals surface area contributed by atoms with Crippen LogP contribution in [0.1, 0.15) is 48.0 Å². The quantitative estimate of drug-likeness (QED) is 0.818. The van der Waals surface area contributed by atoms with E-state index in [0.717, 1.165) is 26.1 Å². The summed E-state index contributed by atoms with van der Waals surface area (Å²) in [6, 6.07) is 0.592. The standard InChI is InChI=1S/C15H32N2O/c1-8-15(6)10-17(14(4,5)11-18-7)13(9-16-15)12(2)3/h12-13,16H,8-11H2,1-7H3. The zero-order valence-electron chi connectivity index (χ0n) is 13.3. The zero-order valence-corrected chi connectivity index (χ0v) is 13.3. The lowest BCUT2D eigenvalue weighted by atomic mass is 9.86. The van der Waals surface area contributed by atoms with Crippen LogP contribution in [-0.2, 0) is 4.74 Å². The van der Waals surface area contributed by atoms with Crippen LogP contribution in [0.3, 0.4) is 0 Å². The Hall–Kier alpha value is -0.120. The van der Waals surface area contributed by atoms with Crippen molar-refractivity contribution >= 4 is 0 Å². The molecule has 1 heterocycles. The normalized spacial score (nSPS) is 31.0. The Kier molecular flexibility index (Phi) is 5.22. The number of nitrogens with zero attached hydrogens (tertiary/aromatic N) is 1.